The highest BCUT2D eigenvalue weighted by Gasteiger charge is 2.04. The largest absolute Gasteiger partial charge is 0.467 e. The number of oxazole rings is 1. The molecule has 0 unspecified atom stereocenters. The summed E-state index contributed by atoms with van der Waals surface area (Å²) in [6, 6.07) is 9.69. The molecule has 0 aliphatic rings. The van der Waals surface area contributed by atoms with Crippen molar-refractivity contribution in [3.8, 4) is 17.4 Å². The molecule has 2 rings (SSSR count). The van der Waals surface area contributed by atoms with Gasteiger partial charge in [0.25, 0.3) is 0 Å². The Labute approximate surface area is 76.0 Å². The van der Waals surface area contributed by atoms with Crippen LogP contribution in [0.4, 0.5) is 0 Å². The zero-order chi connectivity index (χ0) is 9.10. The average Bonchev–Trinajstić information content (AvgIpc) is 2.67. The first kappa shape index (κ1) is 7.86. The number of benzene rings is 1. The molecule has 13 heavy (non-hydrogen) atoms. The molecule has 2 aromatic rings. The van der Waals surface area contributed by atoms with Crippen molar-refractivity contribution in [1.29, 1.82) is 0 Å². The fourth-order valence-corrected chi connectivity index (χ4v) is 1.07. The first-order chi connectivity index (χ1) is 6.40. The summed E-state index contributed by atoms with van der Waals surface area (Å²) in [5.41, 5.74) is 0.950. The van der Waals surface area contributed by atoms with Crippen molar-refractivity contribution >= 4 is 0 Å². The van der Waals surface area contributed by atoms with Gasteiger partial charge in [-0.25, -0.2) is 4.98 Å². The molecule has 3 heteroatoms. The summed E-state index contributed by atoms with van der Waals surface area (Å²) in [7, 11) is 1.55. The van der Waals surface area contributed by atoms with Crippen LogP contribution >= 0.6 is 0 Å². The molecule has 1 heterocycles. The van der Waals surface area contributed by atoms with E-state index in [0.29, 0.717) is 11.8 Å². The Hall–Kier alpha value is -1.77. The molecular weight excluding hydrogens is 166 g/mol. The highest BCUT2D eigenvalue weighted by molar-refractivity contribution is 5.52. The number of methoxy groups -OCH3 is 1. The molecule has 0 radical (unpaired) electrons. The Morgan fingerprint density at radius 2 is 2.00 bits per heavy atom. The summed E-state index contributed by atoms with van der Waals surface area (Å²) in [5, 5.41) is 0. The predicted octanol–water partition coefficient (Wildman–Crippen LogP) is 2.35. The Bertz CT molecular complexity index is 381. The lowest BCUT2D eigenvalue weighted by Gasteiger charge is -1.93. The fraction of sp³-hybridized carbons (Fsp3) is 0.100. The van der Waals surface area contributed by atoms with Crippen molar-refractivity contribution in [2.24, 2.45) is 0 Å². The van der Waals surface area contributed by atoms with Crippen LogP contribution in [0.1, 0.15) is 0 Å². The normalized spacial score (nSPS) is 9.92. The van der Waals surface area contributed by atoms with Crippen molar-refractivity contribution in [2.45, 2.75) is 0 Å². The van der Waals surface area contributed by atoms with E-state index in [-0.39, 0.29) is 0 Å². The Balaban J connectivity index is 2.36. The lowest BCUT2D eigenvalue weighted by atomic mass is 10.2. The maximum atomic E-state index is 5.29. The van der Waals surface area contributed by atoms with Crippen molar-refractivity contribution in [2.75, 3.05) is 7.11 Å². The molecule has 1 aromatic heterocycles. The molecule has 0 aliphatic carbocycles. The van der Waals surface area contributed by atoms with E-state index in [9.17, 15) is 0 Å². The van der Waals surface area contributed by atoms with Crippen LogP contribution in [0.3, 0.4) is 0 Å². The third-order valence-corrected chi connectivity index (χ3v) is 1.71. The topological polar surface area (TPSA) is 35.3 Å². The molecule has 0 amide bonds. The maximum absolute atomic E-state index is 5.29. The number of rotatable bonds is 2. The minimum absolute atomic E-state index is 0.429. The van der Waals surface area contributed by atoms with E-state index >= 15 is 0 Å². The van der Waals surface area contributed by atoms with Crippen molar-refractivity contribution in [3.63, 3.8) is 0 Å². The molecule has 0 aliphatic heterocycles. The predicted molar refractivity (Wildman–Crippen MR) is 48.5 cm³/mol. The van der Waals surface area contributed by atoms with Gasteiger partial charge in [0.15, 0.2) is 0 Å². The molecule has 0 saturated carbocycles. The SMILES string of the molecule is COc1cnc(-c2ccccc2)o1. The van der Waals surface area contributed by atoms with E-state index < -0.39 is 0 Å². The lowest BCUT2D eigenvalue weighted by Crippen LogP contribution is -1.76. The molecule has 0 saturated heterocycles. The van der Waals surface area contributed by atoms with Gasteiger partial charge in [-0.1, -0.05) is 18.2 Å². The van der Waals surface area contributed by atoms with Crippen LogP contribution < -0.4 is 4.74 Å². The molecule has 0 spiro atoms. The van der Waals surface area contributed by atoms with Gasteiger partial charge in [0.1, 0.15) is 6.20 Å². The van der Waals surface area contributed by atoms with Gasteiger partial charge in [-0.3, -0.25) is 0 Å². The Kier molecular flexibility index (Phi) is 2.00. The van der Waals surface area contributed by atoms with E-state index in [0.717, 1.165) is 5.56 Å². The van der Waals surface area contributed by atoms with Crippen LogP contribution in [0.5, 0.6) is 5.95 Å². The zero-order valence-electron chi connectivity index (χ0n) is 7.23. The molecule has 66 valence electrons. The van der Waals surface area contributed by atoms with E-state index in [1.54, 1.807) is 13.3 Å². The molecule has 0 N–H and O–H groups in total. The van der Waals surface area contributed by atoms with Crippen LogP contribution in [0.15, 0.2) is 40.9 Å². The molecule has 0 bridgehead atoms. The highest BCUT2D eigenvalue weighted by atomic mass is 16.6. The monoisotopic (exact) mass is 175 g/mol. The van der Waals surface area contributed by atoms with Crippen LogP contribution in [-0.2, 0) is 0 Å². The van der Waals surface area contributed by atoms with E-state index in [4.69, 9.17) is 9.15 Å². The first-order valence-electron chi connectivity index (χ1n) is 3.95. The van der Waals surface area contributed by atoms with Crippen LogP contribution in [0.25, 0.3) is 11.5 Å². The van der Waals surface area contributed by atoms with Gasteiger partial charge in [0.2, 0.25) is 5.89 Å². The van der Waals surface area contributed by atoms with E-state index in [1.807, 2.05) is 30.3 Å². The standard InChI is InChI=1S/C10H9NO2/c1-12-9-7-11-10(13-9)8-5-3-2-4-6-8/h2-7H,1H3. The molecule has 0 fully saturated rings. The van der Waals surface area contributed by atoms with Crippen LogP contribution in [0, 0.1) is 0 Å². The summed E-state index contributed by atoms with van der Waals surface area (Å²) in [6.45, 7) is 0. The van der Waals surface area contributed by atoms with E-state index in [1.165, 1.54) is 0 Å². The second-order valence-electron chi connectivity index (χ2n) is 2.55. The van der Waals surface area contributed by atoms with Crippen molar-refractivity contribution in [1.82, 2.24) is 4.98 Å². The molecule has 1 aromatic carbocycles. The molecule has 0 atom stereocenters. The van der Waals surface area contributed by atoms with Crippen molar-refractivity contribution in [3.05, 3.63) is 36.5 Å². The lowest BCUT2D eigenvalue weighted by molar-refractivity contribution is 0.309. The summed E-state index contributed by atoms with van der Waals surface area (Å²) in [6.07, 6.45) is 1.56. The summed E-state index contributed by atoms with van der Waals surface area (Å²) in [5.74, 6) is 1.01. The second-order valence-corrected chi connectivity index (χ2v) is 2.55. The van der Waals surface area contributed by atoms with Gasteiger partial charge in [0, 0.05) is 5.56 Å². The maximum Gasteiger partial charge on any atom is 0.305 e. The van der Waals surface area contributed by atoms with Crippen molar-refractivity contribution < 1.29 is 9.15 Å². The minimum atomic E-state index is 0.429. The number of hydrogen-bond acceptors (Lipinski definition) is 3. The second kappa shape index (κ2) is 3.31. The summed E-state index contributed by atoms with van der Waals surface area (Å²) < 4.78 is 10.2. The number of ether oxygens (including phenoxy) is 1. The molecular formula is C10H9NO2. The third-order valence-electron chi connectivity index (χ3n) is 1.71. The van der Waals surface area contributed by atoms with Gasteiger partial charge < -0.3 is 9.15 Å². The summed E-state index contributed by atoms with van der Waals surface area (Å²) in [4.78, 5) is 4.07. The smallest absolute Gasteiger partial charge is 0.305 e. The number of nitrogens with zero attached hydrogens (tertiary/aromatic N) is 1. The minimum Gasteiger partial charge on any atom is -0.467 e. The zero-order valence-corrected chi connectivity index (χ0v) is 7.23. The molecule has 3 nitrogen and oxygen atoms in total. The van der Waals surface area contributed by atoms with Gasteiger partial charge in [-0.15, -0.1) is 0 Å². The van der Waals surface area contributed by atoms with Gasteiger partial charge >= 0.3 is 5.95 Å². The first-order valence-corrected chi connectivity index (χ1v) is 3.95. The fourth-order valence-electron chi connectivity index (χ4n) is 1.07. The highest BCUT2D eigenvalue weighted by Crippen LogP contribution is 2.21. The quantitative estimate of drug-likeness (QED) is 0.702. The average molecular weight is 175 g/mol. The Morgan fingerprint density at radius 1 is 1.23 bits per heavy atom. The van der Waals surface area contributed by atoms with Gasteiger partial charge in [-0.05, 0) is 12.1 Å². The van der Waals surface area contributed by atoms with E-state index in [2.05, 4.69) is 4.98 Å². The van der Waals surface area contributed by atoms with Crippen LogP contribution in [-0.4, -0.2) is 12.1 Å². The van der Waals surface area contributed by atoms with Crippen LogP contribution in [0.2, 0.25) is 0 Å². The van der Waals surface area contributed by atoms with Gasteiger partial charge in [-0.2, -0.15) is 0 Å². The van der Waals surface area contributed by atoms with Gasteiger partial charge in [0.05, 0.1) is 7.11 Å². The summed E-state index contributed by atoms with van der Waals surface area (Å²) >= 11 is 0. The number of aromatic nitrogens is 1. The number of hydrogen-bond donors (Lipinski definition) is 0. The Morgan fingerprint density at radius 3 is 2.62 bits per heavy atom. The third kappa shape index (κ3) is 1.54.